The van der Waals surface area contributed by atoms with Gasteiger partial charge in [0.05, 0.1) is 6.26 Å². The summed E-state index contributed by atoms with van der Waals surface area (Å²) >= 11 is 1.28. The van der Waals surface area contributed by atoms with Gasteiger partial charge in [0.15, 0.2) is 10.8 Å². The fraction of sp³-hybridized carbons (Fsp3) is 0.125. The van der Waals surface area contributed by atoms with Crippen LogP contribution in [0.1, 0.15) is 16.1 Å². The van der Waals surface area contributed by atoms with E-state index in [0.717, 1.165) is 0 Å². The summed E-state index contributed by atoms with van der Waals surface area (Å²) in [6, 6.07) is 7.17. The zero-order chi connectivity index (χ0) is 16.2. The summed E-state index contributed by atoms with van der Waals surface area (Å²) in [5.74, 6) is -1.04. The van der Waals surface area contributed by atoms with Gasteiger partial charge in [-0.3, -0.25) is 4.79 Å². The van der Waals surface area contributed by atoms with Crippen molar-refractivity contribution >= 4 is 17.2 Å². The molecular weight excluding hydrogens is 322 g/mol. The molecule has 0 saturated carbocycles. The van der Waals surface area contributed by atoms with Crippen LogP contribution < -0.4 is 5.32 Å². The first-order valence-electron chi connectivity index (χ1n) is 6.85. The van der Waals surface area contributed by atoms with Crippen LogP contribution in [-0.4, -0.2) is 17.4 Å². The van der Waals surface area contributed by atoms with Crippen molar-refractivity contribution in [3.63, 3.8) is 0 Å². The van der Waals surface area contributed by atoms with Crippen LogP contribution in [0.4, 0.5) is 8.78 Å². The Bertz CT molecular complexity index is 795. The predicted octanol–water partition coefficient (Wildman–Crippen LogP) is 3.65. The van der Waals surface area contributed by atoms with Crippen LogP contribution in [0.2, 0.25) is 0 Å². The largest absolute Gasteiger partial charge is 0.462 e. The number of carbonyl (C=O) groups excluding carboxylic acids is 1. The van der Waals surface area contributed by atoms with Gasteiger partial charge < -0.3 is 9.73 Å². The van der Waals surface area contributed by atoms with Crippen molar-refractivity contribution in [2.24, 2.45) is 0 Å². The lowest BCUT2D eigenvalue weighted by atomic mass is 10.1. The normalized spacial score (nSPS) is 10.7. The first kappa shape index (κ1) is 15.4. The molecule has 0 fully saturated rings. The highest BCUT2D eigenvalue weighted by atomic mass is 32.1. The lowest BCUT2D eigenvalue weighted by Gasteiger charge is -2.05. The molecule has 1 amide bonds. The molecule has 0 unspecified atom stereocenters. The van der Waals surface area contributed by atoms with Crippen LogP contribution in [0.25, 0.3) is 10.8 Å². The van der Waals surface area contributed by atoms with E-state index >= 15 is 0 Å². The van der Waals surface area contributed by atoms with Crippen LogP contribution in [0.3, 0.4) is 0 Å². The molecule has 0 saturated heterocycles. The molecule has 0 aliphatic carbocycles. The fourth-order valence-corrected chi connectivity index (χ4v) is 2.82. The highest BCUT2D eigenvalue weighted by Gasteiger charge is 2.14. The van der Waals surface area contributed by atoms with Crippen LogP contribution in [0, 0.1) is 11.6 Å². The van der Waals surface area contributed by atoms with Crippen LogP contribution >= 0.6 is 11.3 Å². The summed E-state index contributed by atoms with van der Waals surface area (Å²) in [4.78, 5) is 16.2. The average Bonchev–Trinajstić information content (AvgIpc) is 3.20. The number of carbonyl (C=O) groups is 1. The van der Waals surface area contributed by atoms with E-state index < -0.39 is 17.5 Å². The van der Waals surface area contributed by atoms with Gasteiger partial charge in [-0.2, -0.15) is 0 Å². The molecule has 4 nitrogen and oxygen atoms in total. The second-order valence-electron chi connectivity index (χ2n) is 4.72. The molecular formula is C16H12F2N2O2S. The van der Waals surface area contributed by atoms with Crippen molar-refractivity contribution in [3.05, 3.63) is 64.9 Å². The van der Waals surface area contributed by atoms with Gasteiger partial charge in [0.25, 0.3) is 5.91 Å². The Morgan fingerprint density at radius 3 is 2.70 bits per heavy atom. The molecule has 7 heteroatoms. The minimum atomic E-state index is -0.618. The summed E-state index contributed by atoms with van der Waals surface area (Å²) in [5.41, 5.74) is 0.206. The van der Waals surface area contributed by atoms with Gasteiger partial charge in [-0.1, -0.05) is 6.07 Å². The number of aromatic nitrogens is 1. The minimum absolute atomic E-state index is 0.0395. The Kier molecular flexibility index (Phi) is 4.47. The number of nitrogens with zero attached hydrogens (tertiary/aromatic N) is 1. The number of furan rings is 1. The van der Waals surface area contributed by atoms with Crippen LogP contribution in [-0.2, 0) is 6.42 Å². The van der Waals surface area contributed by atoms with Crippen molar-refractivity contribution in [1.29, 1.82) is 0 Å². The second-order valence-corrected chi connectivity index (χ2v) is 5.58. The summed E-state index contributed by atoms with van der Waals surface area (Å²) in [5, 5.41) is 4.81. The first-order chi connectivity index (χ1) is 11.1. The Morgan fingerprint density at radius 1 is 1.22 bits per heavy atom. The molecule has 0 atom stereocenters. The van der Waals surface area contributed by atoms with E-state index in [1.807, 2.05) is 0 Å². The summed E-state index contributed by atoms with van der Waals surface area (Å²) in [7, 11) is 0. The van der Waals surface area contributed by atoms with Crippen molar-refractivity contribution in [3.8, 4) is 10.8 Å². The zero-order valence-corrected chi connectivity index (χ0v) is 12.7. The maximum absolute atomic E-state index is 13.5. The molecule has 0 bridgehead atoms. The Morgan fingerprint density at radius 2 is 2.00 bits per heavy atom. The number of nitrogens with one attached hydrogen (secondary N) is 1. The molecule has 0 radical (unpaired) electrons. The van der Waals surface area contributed by atoms with Gasteiger partial charge in [0.2, 0.25) is 0 Å². The Labute approximate surface area is 134 Å². The second kappa shape index (κ2) is 6.70. The minimum Gasteiger partial charge on any atom is -0.462 e. The predicted molar refractivity (Wildman–Crippen MR) is 82.2 cm³/mol. The lowest BCUT2D eigenvalue weighted by molar-refractivity contribution is 0.0949. The van der Waals surface area contributed by atoms with Gasteiger partial charge in [0, 0.05) is 17.5 Å². The first-order valence-corrected chi connectivity index (χ1v) is 7.73. The van der Waals surface area contributed by atoms with Crippen LogP contribution in [0.5, 0.6) is 0 Å². The Balaban J connectivity index is 1.60. The molecule has 2 heterocycles. The number of rotatable bonds is 5. The van der Waals surface area contributed by atoms with Gasteiger partial charge in [-0.05, 0) is 30.7 Å². The molecule has 0 spiro atoms. The summed E-state index contributed by atoms with van der Waals surface area (Å²) in [6.07, 6.45) is 1.60. The van der Waals surface area contributed by atoms with E-state index in [0.29, 0.717) is 10.8 Å². The average molecular weight is 334 g/mol. The van der Waals surface area contributed by atoms with E-state index in [2.05, 4.69) is 10.3 Å². The van der Waals surface area contributed by atoms with E-state index in [-0.39, 0.29) is 24.2 Å². The molecule has 0 aliphatic heterocycles. The van der Waals surface area contributed by atoms with E-state index in [4.69, 9.17) is 4.42 Å². The highest BCUT2D eigenvalue weighted by molar-refractivity contribution is 7.13. The molecule has 3 rings (SSSR count). The molecule has 118 valence electrons. The Hall–Kier alpha value is -2.54. The summed E-state index contributed by atoms with van der Waals surface area (Å²) in [6.45, 7) is 0.115. The molecule has 1 N–H and O–H groups in total. The molecule has 0 aliphatic rings. The third-order valence-electron chi connectivity index (χ3n) is 3.19. The maximum atomic E-state index is 13.5. The molecule has 2 aromatic heterocycles. The number of hydrogen-bond donors (Lipinski definition) is 1. The third-order valence-corrected chi connectivity index (χ3v) is 4.05. The van der Waals surface area contributed by atoms with E-state index in [9.17, 15) is 13.6 Å². The van der Waals surface area contributed by atoms with Crippen molar-refractivity contribution in [2.75, 3.05) is 6.54 Å². The SMILES string of the molecule is O=C(NCCc1c(F)cccc1F)c1csc(-c2ccco2)n1. The standard InChI is InChI=1S/C16H12F2N2O2S/c17-11-3-1-4-12(18)10(11)6-7-19-15(21)13-9-23-16(20-13)14-5-2-8-22-14/h1-5,8-9H,6-7H2,(H,19,21). The fourth-order valence-electron chi connectivity index (χ4n) is 2.05. The smallest absolute Gasteiger partial charge is 0.270 e. The van der Waals surface area contributed by atoms with Crippen molar-refractivity contribution in [1.82, 2.24) is 10.3 Å². The monoisotopic (exact) mass is 334 g/mol. The van der Waals surface area contributed by atoms with Gasteiger partial charge in [-0.25, -0.2) is 13.8 Å². The lowest BCUT2D eigenvalue weighted by Crippen LogP contribution is -2.26. The number of amides is 1. The number of halogens is 2. The van der Waals surface area contributed by atoms with E-state index in [1.54, 1.807) is 17.5 Å². The third kappa shape index (κ3) is 3.45. The highest BCUT2D eigenvalue weighted by Crippen LogP contribution is 2.23. The van der Waals surface area contributed by atoms with Gasteiger partial charge >= 0.3 is 0 Å². The number of hydrogen-bond acceptors (Lipinski definition) is 4. The zero-order valence-electron chi connectivity index (χ0n) is 11.9. The molecule has 23 heavy (non-hydrogen) atoms. The topological polar surface area (TPSA) is 55.1 Å². The maximum Gasteiger partial charge on any atom is 0.270 e. The van der Waals surface area contributed by atoms with Gasteiger partial charge in [-0.15, -0.1) is 11.3 Å². The van der Waals surface area contributed by atoms with Crippen LogP contribution in [0.15, 0.2) is 46.4 Å². The van der Waals surface area contributed by atoms with Crippen molar-refractivity contribution < 1.29 is 18.0 Å². The van der Waals surface area contributed by atoms with E-state index in [1.165, 1.54) is 35.8 Å². The number of thiazole rings is 1. The number of benzene rings is 1. The summed E-state index contributed by atoms with van der Waals surface area (Å²) < 4.78 is 32.2. The van der Waals surface area contributed by atoms with Crippen molar-refractivity contribution in [2.45, 2.75) is 6.42 Å². The quantitative estimate of drug-likeness (QED) is 0.775. The molecule has 3 aromatic rings. The molecule has 1 aromatic carbocycles. The van der Waals surface area contributed by atoms with Gasteiger partial charge in [0.1, 0.15) is 17.3 Å².